The van der Waals surface area contributed by atoms with Crippen molar-refractivity contribution in [3.63, 3.8) is 0 Å². The lowest BCUT2D eigenvalue weighted by Gasteiger charge is -2.02. The van der Waals surface area contributed by atoms with E-state index < -0.39 is 5.82 Å². The Labute approximate surface area is 156 Å². The predicted molar refractivity (Wildman–Crippen MR) is 104 cm³/mol. The number of fused-ring (bicyclic) bond motifs is 1. The summed E-state index contributed by atoms with van der Waals surface area (Å²) in [5.74, 6) is -0.510. The summed E-state index contributed by atoms with van der Waals surface area (Å²) in [6, 6.07) is 13.9. The van der Waals surface area contributed by atoms with Crippen molar-refractivity contribution in [3.05, 3.63) is 87.0 Å². The van der Waals surface area contributed by atoms with Crippen molar-refractivity contribution in [2.75, 3.05) is 0 Å². The van der Waals surface area contributed by atoms with Crippen molar-refractivity contribution >= 4 is 39.4 Å². The molecule has 0 saturated heterocycles. The molecule has 2 aromatic carbocycles. The van der Waals surface area contributed by atoms with Gasteiger partial charge < -0.3 is 0 Å². The van der Waals surface area contributed by atoms with Gasteiger partial charge in [-0.05, 0) is 17.7 Å². The van der Waals surface area contributed by atoms with E-state index in [2.05, 4.69) is 10.1 Å². The monoisotopic (exact) mass is 383 g/mol. The standard InChI is InChI=1S/C19H11ClFN3OS/c20-15-7-4-8-16(21)13(15)9-23-24-11-22-18-17(19(24)25)14(10-26-18)12-5-2-1-3-6-12/h1-11H/b23-9+. The molecule has 0 amide bonds. The van der Waals surface area contributed by atoms with Gasteiger partial charge in [-0.3, -0.25) is 4.79 Å². The first-order chi connectivity index (χ1) is 12.6. The van der Waals surface area contributed by atoms with Crippen molar-refractivity contribution in [2.24, 2.45) is 5.10 Å². The second-order valence-corrected chi connectivity index (χ2v) is 6.74. The molecule has 0 aliphatic heterocycles. The number of hydrogen-bond donors (Lipinski definition) is 0. The summed E-state index contributed by atoms with van der Waals surface area (Å²) in [7, 11) is 0. The third-order valence-electron chi connectivity index (χ3n) is 3.87. The topological polar surface area (TPSA) is 47.2 Å². The zero-order chi connectivity index (χ0) is 18.1. The minimum absolute atomic E-state index is 0.120. The fraction of sp³-hybridized carbons (Fsp3) is 0. The molecule has 0 unspecified atom stereocenters. The zero-order valence-corrected chi connectivity index (χ0v) is 14.8. The van der Waals surface area contributed by atoms with Crippen LogP contribution in [0.25, 0.3) is 21.3 Å². The van der Waals surface area contributed by atoms with Gasteiger partial charge in [0.2, 0.25) is 0 Å². The molecule has 0 aliphatic carbocycles. The van der Waals surface area contributed by atoms with Crippen LogP contribution < -0.4 is 5.56 Å². The molecule has 2 aromatic heterocycles. The van der Waals surface area contributed by atoms with Gasteiger partial charge in [0, 0.05) is 16.5 Å². The number of halogens is 2. The first kappa shape index (κ1) is 16.6. The molecule has 0 saturated carbocycles. The minimum atomic E-state index is -0.510. The Bertz CT molecular complexity index is 1160. The van der Waals surface area contributed by atoms with Crippen LogP contribution in [0.15, 0.2) is 70.1 Å². The lowest BCUT2D eigenvalue weighted by Crippen LogP contribution is -2.17. The van der Waals surface area contributed by atoms with E-state index in [-0.39, 0.29) is 16.1 Å². The minimum Gasteiger partial charge on any atom is -0.267 e. The van der Waals surface area contributed by atoms with Crippen molar-refractivity contribution < 1.29 is 4.39 Å². The van der Waals surface area contributed by atoms with Gasteiger partial charge in [-0.2, -0.15) is 9.78 Å². The summed E-state index contributed by atoms with van der Waals surface area (Å²) in [6.45, 7) is 0. The number of thiophene rings is 1. The summed E-state index contributed by atoms with van der Waals surface area (Å²) in [4.78, 5) is 17.8. The molecule has 0 radical (unpaired) electrons. The molecular weight excluding hydrogens is 373 g/mol. The van der Waals surface area contributed by atoms with Crippen LogP contribution in [-0.2, 0) is 0 Å². The summed E-state index contributed by atoms with van der Waals surface area (Å²) in [6.07, 6.45) is 2.54. The maximum absolute atomic E-state index is 13.9. The van der Waals surface area contributed by atoms with Crippen LogP contribution in [0, 0.1) is 5.82 Å². The molecule has 4 rings (SSSR count). The second-order valence-electron chi connectivity index (χ2n) is 5.47. The quantitative estimate of drug-likeness (QED) is 0.477. The summed E-state index contributed by atoms with van der Waals surface area (Å²) in [5.41, 5.74) is 1.53. The number of aromatic nitrogens is 2. The third kappa shape index (κ3) is 2.94. The van der Waals surface area contributed by atoms with E-state index in [9.17, 15) is 9.18 Å². The van der Waals surface area contributed by atoms with Crippen molar-refractivity contribution in [1.82, 2.24) is 9.66 Å². The third-order valence-corrected chi connectivity index (χ3v) is 5.09. The molecular formula is C19H11ClFN3OS. The van der Waals surface area contributed by atoms with Gasteiger partial charge in [0.1, 0.15) is 17.0 Å². The first-order valence-corrected chi connectivity index (χ1v) is 8.93. The van der Waals surface area contributed by atoms with Gasteiger partial charge in [-0.1, -0.05) is 48.0 Å². The van der Waals surface area contributed by atoms with Crippen molar-refractivity contribution in [2.45, 2.75) is 0 Å². The van der Waals surface area contributed by atoms with Crippen LogP contribution in [0.1, 0.15) is 5.56 Å². The van der Waals surface area contributed by atoms with Gasteiger partial charge in [-0.25, -0.2) is 9.37 Å². The highest BCUT2D eigenvalue weighted by Gasteiger charge is 2.13. The van der Waals surface area contributed by atoms with Gasteiger partial charge in [0.05, 0.1) is 16.6 Å². The van der Waals surface area contributed by atoms with Crippen LogP contribution >= 0.6 is 22.9 Å². The van der Waals surface area contributed by atoms with Crippen molar-refractivity contribution in [1.29, 1.82) is 0 Å². The van der Waals surface area contributed by atoms with E-state index >= 15 is 0 Å². The molecule has 0 bridgehead atoms. The average Bonchev–Trinajstić information content (AvgIpc) is 3.08. The fourth-order valence-electron chi connectivity index (χ4n) is 2.59. The number of rotatable bonds is 3. The van der Waals surface area contributed by atoms with E-state index in [0.717, 1.165) is 15.8 Å². The highest BCUT2D eigenvalue weighted by molar-refractivity contribution is 7.17. The van der Waals surface area contributed by atoms with E-state index in [4.69, 9.17) is 11.6 Å². The number of nitrogens with zero attached hydrogens (tertiary/aromatic N) is 3. The van der Waals surface area contributed by atoms with Gasteiger partial charge in [-0.15, -0.1) is 11.3 Å². The Morgan fingerprint density at radius 2 is 1.96 bits per heavy atom. The Morgan fingerprint density at radius 3 is 2.73 bits per heavy atom. The molecule has 0 fully saturated rings. The Morgan fingerprint density at radius 1 is 1.15 bits per heavy atom. The number of benzene rings is 2. The van der Waals surface area contributed by atoms with Crippen LogP contribution in [0.2, 0.25) is 5.02 Å². The largest absolute Gasteiger partial charge is 0.283 e. The van der Waals surface area contributed by atoms with E-state index in [0.29, 0.717) is 10.2 Å². The lowest BCUT2D eigenvalue weighted by atomic mass is 10.1. The second kappa shape index (κ2) is 6.82. The molecule has 4 aromatic rings. The van der Waals surface area contributed by atoms with Crippen LogP contribution in [-0.4, -0.2) is 15.9 Å². The normalized spacial score (nSPS) is 11.5. The lowest BCUT2D eigenvalue weighted by molar-refractivity contribution is 0.625. The molecule has 0 spiro atoms. The van der Waals surface area contributed by atoms with Gasteiger partial charge in [0.25, 0.3) is 5.56 Å². The average molecular weight is 384 g/mol. The smallest absolute Gasteiger partial charge is 0.267 e. The summed E-state index contributed by atoms with van der Waals surface area (Å²) in [5, 5.41) is 6.66. The molecule has 7 heteroatoms. The maximum Gasteiger partial charge on any atom is 0.283 e. The van der Waals surface area contributed by atoms with Crippen molar-refractivity contribution in [3.8, 4) is 11.1 Å². The van der Waals surface area contributed by atoms with E-state index in [1.165, 1.54) is 36.0 Å². The highest BCUT2D eigenvalue weighted by atomic mass is 35.5. The van der Waals surface area contributed by atoms with Crippen LogP contribution in [0.5, 0.6) is 0 Å². The van der Waals surface area contributed by atoms with Crippen LogP contribution in [0.3, 0.4) is 0 Å². The Hall–Kier alpha value is -2.83. The Kier molecular flexibility index (Phi) is 4.36. The van der Waals surface area contributed by atoms with E-state index in [1.807, 2.05) is 35.7 Å². The fourth-order valence-corrected chi connectivity index (χ4v) is 3.71. The SMILES string of the molecule is O=c1c2c(-c3ccccc3)csc2ncn1/N=C/c1c(F)cccc1Cl. The number of hydrogen-bond acceptors (Lipinski definition) is 4. The molecule has 4 nitrogen and oxygen atoms in total. The Balaban J connectivity index is 1.84. The summed E-state index contributed by atoms with van der Waals surface area (Å²) < 4.78 is 15.0. The molecule has 0 N–H and O–H groups in total. The molecule has 0 atom stereocenters. The highest BCUT2D eigenvalue weighted by Crippen LogP contribution is 2.30. The molecule has 128 valence electrons. The molecule has 26 heavy (non-hydrogen) atoms. The summed E-state index contributed by atoms with van der Waals surface area (Å²) >= 11 is 7.38. The van der Waals surface area contributed by atoms with Gasteiger partial charge >= 0.3 is 0 Å². The zero-order valence-electron chi connectivity index (χ0n) is 13.3. The molecule has 0 aliphatic rings. The first-order valence-electron chi connectivity index (χ1n) is 7.68. The van der Waals surface area contributed by atoms with Gasteiger partial charge in [0.15, 0.2) is 0 Å². The van der Waals surface area contributed by atoms with Crippen LogP contribution in [0.4, 0.5) is 4.39 Å². The maximum atomic E-state index is 13.9. The predicted octanol–water partition coefficient (Wildman–Crippen LogP) is 4.80. The van der Waals surface area contributed by atoms with E-state index in [1.54, 1.807) is 6.07 Å². The molecule has 2 heterocycles.